The number of oxazole rings is 1. The Balaban J connectivity index is 1.33. The van der Waals surface area contributed by atoms with Crippen molar-refractivity contribution < 1.29 is 23.0 Å². The summed E-state index contributed by atoms with van der Waals surface area (Å²) in [5, 5.41) is 19.4. The first-order valence-electron chi connectivity index (χ1n) is 12.2. The minimum absolute atomic E-state index is 0.109. The second kappa shape index (κ2) is 7.45. The van der Waals surface area contributed by atoms with Crippen LogP contribution < -0.4 is 0 Å². The fraction of sp³-hybridized carbons (Fsp3) is 0.370. The lowest BCUT2D eigenvalue weighted by Crippen LogP contribution is -2.46. The summed E-state index contributed by atoms with van der Waals surface area (Å²) in [4.78, 5) is 13.8. The lowest BCUT2D eigenvalue weighted by atomic mass is 9.66. The molecule has 0 spiro atoms. The van der Waals surface area contributed by atoms with Crippen LogP contribution in [0.2, 0.25) is 0 Å². The Morgan fingerprint density at radius 2 is 1.78 bits per heavy atom. The zero-order chi connectivity index (χ0) is 25.6. The molecular weight excluding hydrogens is 480 g/mol. The molecule has 1 aliphatic heterocycles. The highest BCUT2D eigenvalue weighted by Gasteiger charge is 2.65. The largest absolute Gasteiger partial charge is 0.443 e. The standard InChI is InChI=1S/C27H23F2N5O3/c1-25(2)15-6-7-27(25,23-14(15)8-18(33-34-23)22-16(28)4-3-5-17(22)29)20-10-30-9-19(31-20)24-32-21(11-37-24)26(35)12-36-13-26/h3-5,8-11,15,35H,6-7,12-13H2,1-2H3/t15?,27-/m0/s1. The summed E-state index contributed by atoms with van der Waals surface area (Å²) in [6.07, 6.45) is 6.37. The third-order valence-corrected chi connectivity index (χ3v) is 8.55. The van der Waals surface area contributed by atoms with Crippen molar-refractivity contribution in [3.8, 4) is 22.8 Å². The third kappa shape index (κ3) is 2.91. The van der Waals surface area contributed by atoms with Gasteiger partial charge in [-0.05, 0) is 47.9 Å². The highest BCUT2D eigenvalue weighted by Crippen LogP contribution is 2.69. The van der Waals surface area contributed by atoms with E-state index >= 15 is 0 Å². The van der Waals surface area contributed by atoms with Gasteiger partial charge in [0, 0.05) is 6.20 Å². The van der Waals surface area contributed by atoms with E-state index in [1.54, 1.807) is 18.5 Å². The molecule has 2 aliphatic carbocycles. The first-order chi connectivity index (χ1) is 17.7. The molecule has 4 aromatic rings. The summed E-state index contributed by atoms with van der Waals surface area (Å²) in [5.74, 6) is -0.983. The first-order valence-corrected chi connectivity index (χ1v) is 12.2. The zero-order valence-corrected chi connectivity index (χ0v) is 20.2. The zero-order valence-electron chi connectivity index (χ0n) is 20.2. The van der Waals surface area contributed by atoms with E-state index in [1.165, 1.54) is 24.5 Å². The quantitative estimate of drug-likeness (QED) is 0.440. The predicted octanol–water partition coefficient (Wildman–Crippen LogP) is 4.29. The van der Waals surface area contributed by atoms with E-state index in [2.05, 4.69) is 34.0 Å². The van der Waals surface area contributed by atoms with Crippen LogP contribution in [0.25, 0.3) is 22.8 Å². The Labute approximate surface area is 210 Å². The van der Waals surface area contributed by atoms with Crippen LogP contribution in [0.5, 0.6) is 0 Å². The second-order valence-electron chi connectivity index (χ2n) is 10.7. The highest BCUT2D eigenvalue weighted by atomic mass is 19.1. The van der Waals surface area contributed by atoms with Gasteiger partial charge in [-0.3, -0.25) is 4.98 Å². The van der Waals surface area contributed by atoms with Crippen molar-refractivity contribution in [2.45, 2.75) is 43.6 Å². The van der Waals surface area contributed by atoms with Crippen LogP contribution in [-0.2, 0) is 15.8 Å². The predicted molar refractivity (Wildman–Crippen MR) is 126 cm³/mol. The highest BCUT2D eigenvalue weighted by molar-refractivity contribution is 5.64. The van der Waals surface area contributed by atoms with Gasteiger partial charge < -0.3 is 14.3 Å². The SMILES string of the molecule is CC1(C)C2CC[C@]1(c1cncc(-c3nc(C4(O)COC4)co3)n1)c1nnc(-c3c(F)cccc3F)cc12. The van der Waals surface area contributed by atoms with E-state index in [9.17, 15) is 13.9 Å². The molecule has 2 atom stereocenters. The van der Waals surface area contributed by atoms with Crippen LogP contribution >= 0.6 is 0 Å². The van der Waals surface area contributed by atoms with Gasteiger partial charge in [0.05, 0.1) is 47.5 Å². The third-order valence-electron chi connectivity index (χ3n) is 8.55. The Morgan fingerprint density at radius 1 is 1.00 bits per heavy atom. The van der Waals surface area contributed by atoms with E-state index < -0.39 is 22.7 Å². The van der Waals surface area contributed by atoms with Crippen molar-refractivity contribution >= 4 is 0 Å². The lowest BCUT2D eigenvalue weighted by Gasteiger charge is -2.37. The minimum atomic E-state index is -1.15. The smallest absolute Gasteiger partial charge is 0.247 e. The van der Waals surface area contributed by atoms with Crippen LogP contribution in [0.1, 0.15) is 55.3 Å². The summed E-state index contributed by atoms with van der Waals surface area (Å²) < 4.78 is 39.8. The van der Waals surface area contributed by atoms with Gasteiger partial charge in [-0.1, -0.05) is 19.9 Å². The molecule has 2 bridgehead atoms. The Morgan fingerprint density at radius 3 is 2.51 bits per heavy atom. The average molecular weight is 504 g/mol. The molecule has 1 saturated carbocycles. The number of halogens is 2. The number of aromatic nitrogens is 5. The molecule has 1 saturated heterocycles. The number of hydrogen-bond acceptors (Lipinski definition) is 8. The van der Waals surface area contributed by atoms with Crippen molar-refractivity contribution in [1.29, 1.82) is 0 Å². The van der Waals surface area contributed by atoms with Crippen molar-refractivity contribution in [3.63, 3.8) is 0 Å². The maximum atomic E-state index is 14.5. The summed E-state index contributed by atoms with van der Waals surface area (Å²) in [6, 6.07) is 5.54. The van der Waals surface area contributed by atoms with Gasteiger partial charge in [0.15, 0.2) is 5.60 Å². The Hall–Kier alpha value is -3.63. The van der Waals surface area contributed by atoms with Crippen molar-refractivity contribution in [1.82, 2.24) is 25.1 Å². The van der Waals surface area contributed by atoms with Gasteiger partial charge in [-0.25, -0.2) is 18.7 Å². The molecule has 0 radical (unpaired) electrons. The second-order valence-corrected chi connectivity index (χ2v) is 10.7. The number of aliphatic hydroxyl groups is 1. The van der Waals surface area contributed by atoms with Gasteiger partial charge in [0.25, 0.3) is 0 Å². The molecule has 188 valence electrons. The van der Waals surface area contributed by atoms with E-state index in [-0.39, 0.29) is 41.7 Å². The molecule has 0 amide bonds. The van der Waals surface area contributed by atoms with Crippen molar-refractivity contribution in [2.75, 3.05) is 13.2 Å². The normalized spacial score (nSPS) is 24.6. The molecule has 1 aromatic carbocycles. The van der Waals surface area contributed by atoms with E-state index in [0.717, 1.165) is 24.1 Å². The summed E-state index contributed by atoms with van der Waals surface area (Å²) >= 11 is 0. The molecular formula is C27H23F2N5O3. The molecule has 2 fully saturated rings. The fourth-order valence-corrected chi connectivity index (χ4v) is 6.48. The molecule has 8 nitrogen and oxygen atoms in total. The molecule has 37 heavy (non-hydrogen) atoms. The number of nitrogens with zero attached hydrogens (tertiary/aromatic N) is 5. The van der Waals surface area contributed by atoms with Crippen LogP contribution in [-0.4, -0.2) is 43.5 Å². The molecule has 3 aliphatic rings. The summed E-state index contributed by atoms with van der Waals surface area (Å²) in [6.45, 7) is 4.66. The topological polar surface area (TPSA) is 107 Å². The van der Waals surface area contributed by atoms with E-state index in [1.807, 2.05) is 0 Å². The maximum Gasteiger partial charge on any atom is 0.247 e. The first kappa shape index (κ1) is 22.6. The van der Waals surface area contributed by atoms with Crippen LogP contribution in [0.3, 0.4) is 0 Å². The van der Waals surface area contributed by atoms with Gasteiger partial charge in [-0.2, -0.15) is 5.10 Å². The maximum absolute atomic E-state index is 14.5. The summed E-state index contributed by atoms with van der Waals surface area (Å²) in [5.41, 5.74) is 1.19. The van der Waals surface area contributed by atoms with Gasteiger partial charge >= 0.3 is 0 Å². The molecule has 1 N–H and O–H groups in total. The number of fused-ring (bicyclic) bond motifs is 5. The molecule has 3 aromatic heterocycles. The monoisotopic (exact) mass is 503 g/mol. The molecule has 10 heteroatoms. The molecule has 4 heterocycles. The van der Waals surface area contributed by atoms with Gasteiger partial charge in [0.1, 0.15) is 29.3 Å². The Bertz CT molecular complexity index is 1550. The number of ether oxygens (including phenoxy) is 1. The van der Waals surface area contributed by atoms with Gasteiger partial charge in [-0.15, -0.1) is 5.10 Å². The van der Waals surface area contributed by atoms with E-state index in [4.69, 9.17) is 14.1 Å². The molecule has 1 unspecified atom stereocenters. The van der Waals surface area contributed by atoms with Gasteiger partial charge in [0.2, 0.25) is 5.89 Å². The fourth-order valence-electron chi connectivity index (χ4n) is 6.48. The van der Waals surface area contributed by atoms with Crippen LogP contribution in [0, 0.1) is 17.0 Å². The van der Waals surface area contributed by atoms with Crippen LogP contribution in [0.15, 0.2) is 47.3 Å². The van der Waals surface area contributed by atoms with E-state index in [0.29, 0.717) is 17.1 Å². The summed E-state index contributed by atoms with van der Waals surface area (Å²) in [7, 11) is 0. The van der Waals surface area contributed by atoms with Crippen LogP contribution in [0.4, 0.5) is 8.78 Å². The van der Waals surface area contributed by atoms with Crippen molar-refractivity contribution in [2.24, 2.45) is 5.41 Å². The number of benzene rings is 1. The number of rotatable bonds is 4. The lowest BCUT2D eigenvalue weighted by molar-refractivity contribution is -0.186. The number of hydrogen-bond donors (Lipinski definition) is 1. The molecule has 7 rings (SSSR count). The Kier molecular flexibility index (Phi) is 4.54. The average Bonchev–Trinajstić information content (AvgIpc) is 3.51. The van der Waals surface area contributed by atoms with Crippen molar-refractivity contribution in [3.05, 3.63) is 77.2 Å². The minimum Gasteiger partial charge on any atom is -0.443 e.